The van der Waals surface area contributed by atoms with Crippen LogP contribution in [0.25, 0.3) is 0 Å². The zero-order chi connectivity index (χ0) is 16.9. The van der Waals surface area contributed by atoms with Gasteiger partial charge in [0.1, 0.15) is 6.61 Å². The molecule has 0 aromatic heterocycles. The standard InChI is InChI=1S/C15H20F3N3O2/c16-15(17,18)13-8-11(10-21-4-2-20-3-5-21)7-12(9-13)14(22)23-6-1-19/h7-9,20H,1-6,10,19H2. The molecular formula is C15H20F3N3O2. The number of nitrogens with zero attached hydrogens (tertiary/aromatic N) is 1. The third-order valence-electron chi connectivity index (χ3n) is 3.52. The van der Waals surface area contributed by atoms with Gasteiger partial charge in [-0.15, -0.1) is 0 Å². The highest BCUT2D eigenvalue weighted by Gasteiger charge is 2.32. The number of carbonyl (C=O) groups is 1. The van der Waals surface area contributed by atoms with Crippen molar-refractivity contribution in [3.05, 3.63) is 34.9 Å². The van der Waals surface area contributed by atoms with E-state index in [4.69, 9.17) is 10.5 Å². The summed E-state index contributed by atoms with van der Waals surface area (Å²) in [4.78, 5) is 13.9. The van der Waals surface area contributed by atoms with Gasteiger partial charge in [-0.1, -0.05) is 0 Å². The van der Waals surface area contributed by atoms with Gasteiger partial charge in [-0.05, 0) is 23.8 Å². The van der Waals surface area contributed by atoms with E-state index in [1.165, 1.54) is 6.07 Å². The van der Waals surface area contributed by atoms with Crippen molar-refractivity contribution in [1.29, 1.82) is 0 Å². The first-order valence-electron chi connectivity index (χ1n) is 7.41. The number of benzene rings is 1. The summed E-state index contributed by atoms with van der Waals surface area (Å²) < 4.78 is 44.0. The molecule has 0 radical (unpaired) electrons. The van der Waals surface area contributed by atoms with E-state index in [2.05, 4.69) is 5.32 Å². The van der Waals surface area contributed by atoms with Crippen LogP contribution in [0.5, 0.6) is 0 Å². The topological polar surface area (TPSA) is 67.6 Å². The summed E-state index contributed by atoms with van der Waals surface area (Å²) >= 11 is 0. The number of piperazine rings is 1. The molecule has 1 aliphatic rings. The quantitative estimate of drug-likeness (QED) is 0.795. The van der Waals surface area contributed by atoms with E-state index < -0.39 is 17.7 Å². The Bertz CT molecular complexity index is 543. The number of nitrogens with two attached hydrogens (primary N) is 1. The fourth-order valence-electron chi connectivity index (χ4n) is 2.43. The molecule has 2 rings (SSSR count). The Balaban J connectivity index is 2.23. The number of rotatable bonds is 5. The van der Waals surface area contributed by atoms with Crippen molar-refractivity contribution in [3.8, 4) is 0 Å². The Labute approximate surface area is 132 Å². The normalized spacial score (nSPS) is 16.3. The van der Waals surface area contributed by atoms with Gasteiger partial charge < -0.3 is 15.8 Å². The summed E-state index contributed by atoms with van der Waals surface area (Å²) in [6.45, 7) is 3.56. The zero-order valence-corrected chi connectivity index (χ0v) is 12.7. The maximum absolute atomic E-state index is 13.0. The first kappa shape index (κ1) is 17.7. The number of alkyl halides is 3. The van der Waals surface area contributed by atoms with E-state index in [-0.39, 0.29) is 18.7 Å². The van der Waals surface area contributed by atoms with Crippen molar-refractivity contribution in [2.24, 2.45) is 5.73 Å². The summed E-state index contributed by atoms with van der Waals surface area (Å²) in [6.07, 6.45) is -4.51. The van der Waals surface area contributed by atoms with Crippen molar-refractivity contribution in [2.75, 3.05) is 39.3 Å². The van der Waals surface area contributed by atoms with Crippen molar-refractivity contribution in [1.82, 2.24) is 10.2 Å². The third kappa shape index (κ3) is 5.19. The summed E-state index contributed by atoms with van der Waals surface area (Å²) in [5.74, 6) is -0.789. The molecule has 0 saturated carbocycles. The average molecular weight is 331 g/mol. The highest BCUT2D eigenvalue weighted by molar-refractivity contribution is 5.89. The number of hydrogen-bond donors (Lipinski definition) is 2. The number of hydrogen-bond acceptors (Lipinski definition) is 5. The van der Waals surface area contributed by atoms with Gasteiger partial charge in [-0.3, -0.25) is 4.90 Å². The summed E-state index contributed by atoms with van der Waals surface area (Å²) in [7, 11) is 0. The molecule has 0 spiro atoms. The lowest BCUT2D eigenvalue weighted by Gasteiger charge is -2.27. The molecule has 5 nitrogen and oxygen atoms in total. The Hall–Kier alpha value is -1.64. The van der Waals surface area contributed by atoms with Crippen molar-refractivity contribution < 1.29 is 22.7 Å². The largest absolute Gasteiger partial charge is 0.461 e. The monoisotopic (exact) mass is 331 g/mol. The van der Waals surface area contributed by atoms with Crippen LogP contribution in [0.4, 0.5) is 13.2 Å². The van der Waals surface area contributed by atoms with Crippen LogP contribution >= 0.6 is 0 Å². The van der Waals surface area contributed by atoms with Gasteiger partial charge >= 0.3 is 12.1 Å². The smallest absolute Gasteiger partial charge is 0.416 e. The van der Waals surface area contributed by atoms with Crippen LogP contribution < -0.4 is 11.1 Å². The van der Waals surface area contributed by atoms with Gasteiger partial charge in [0.15, 0.2) is 0 Å². The van der Waals surface area contributed by atoms with Gasteiger partial charge in [-0.2, -0.15) is 13.2 Å². The lowest BCUT2D eigenvalue weighted by molar-refractivity contribution is -0.137. The minimum absolute atomic E-state index is 0.0256. The molecular weight excluding hydrogens is 311 g/mol. The van der Waals surface area contributed by atoms with Crippen LogP contribution in [-0.4, -0.2) is 50.2 Å². The van der Waals surface area contributed by atoms with Crippen LogP contribution in [0.2, 0.25) is 0 Å². The Morgan fingerprint density at radius 3 is 2.57 bits per heavy atom. The molecule has 0 amide bonds. The number of ether oxygens (including phenoxy) is 1. The highest BCUT2D eigenvalue weighted by Crippen LogP contribution is 2.31. The van der Waals surface area contributed by atoms with E-state index in [9.17, 15) is 18.0 Å². The summed E-state index contributed by atoms with van der Waals surface area (Å²) in [6, 6.07) is 3.36. The molecule has 1 aromatic carbocycles. The van der Waals surface area contributed by atoms with Gasteiger partial charge in [0.25, 0.3) is 0 Å². The predicted molar refractivity (Wildman–Crippen MR) is 78.9 cm³/mol. The van der Waals surface area contributed by atoms with Crippen molar-refractivity contribution in [3.63, 3.8) is 0 Å². The van der Waals surface area contributed by atoms with E-state index >= 15 is 0 Å². The summed E-state index contributed by atoms with van der Waals surface area (Å²) in [5.41, 5.74) is 4.74. The van der Waals surface area contributed by atoms with E-state index in [1.807, 2.05) is 4.90 Å². The number of halogens is 3. The SMILES string of the molecule is NCCOC(=O)c1cc(CN2CCNCC2)cc(C(F)(F)F)c1. The third-order valence-corrected chi connectivity index (χ3v) is 3.52. The van der Waals surface area contributed by atoms with Gasteiger partial charge in [-0.25, -0.2) is 4.79 Å². The molecule has 1 saturated heterocycles. The second-order valence-corrected chi connectivity index (χ2v) is 5.37. The van der Waals surface area contributed by atoms with Crippen LogP contribution in [0.1, 0.15) is 21.5 Å². The molecule has 1 heterocycles. The predicted octanol–water partition coefficient (Wildman–Crippen LogP) is 1.23. The minimum atomic E-state index is -4.51. The van der Waals surface area contributed by atoms with Crippen molar-refractivity contribution in [2.45, 2.75) is 12.7 Å². The fourth-order valence-corrected chi connectivity index (χ4v) is 2.43. The molecule has 1 aromatic rings. The molecule has 0 unspecified atom stereocenters. The molecule has 3 N–H and O–H groups in total. The van der Waals surface area contributed by atoms with E-state index in [0.29, 0.717) is 12.1 Å². The van der Waals surface area contributed by atoms with Gasteiger partial charge in [0, 0.05) is 39.3 Å². The molecule has 23 heavy (non-hydrogen) atoms. The number of esters is 1. The molecule has 1 fully saturated rings. The lowest BCUT2D eigenvalue weighted by atomic mass is 10.0. The van der Waals surface area contributed by atoms with Crippen LogP contribution in [0.3, 0.4) is 0 Å². The highest BCUT2D eigenvalue weighted by atomic mass is 19.4. The van der Waals surface area contributed by atoms with Crippen LogP contribution in [0, 0.1) is 0 Å². The molecule has 0 bridgehead atoms. The number of carbonyl (C=O) groups excluding carboxylic acids is 1. The Kier molecular flexibility index (Phi) is 5.97. The van der Waals surface area contributed by atoms with E-state index in [1.54, 1.807) is 0 Å². The fraction of sp³-hybridized carbons (Fsp3) is 0.533. The lowest BCUT2D eigenvalue weighted by Crippen LogP contribution is -2.42. The summed E-state index contributed by atoms with van der Waals surface area (Å²) in [5, 5.41) is 3.18. The molecule has 1 aliphatic heterocycles. The van der Waals surface area contributed by atoms with Gasteiger partial charge in [0.05, 0.1) is 11.1 Å². The number of nitrogens with one attached hydrogen (secondary N) is 1. The van der Waals surface area contributed by atoms with Crippen molar-refractivity contribution >= 4 is 5.97 Å². The first-order valence-corrected chi connectivity index (χ1v) is 7.41. The maximum atomic E-state index is 13.0. The Morgan fingerprint density at radius 1 is 1.26 bits per heavy atom. The molecule has 128 valence electrons. The first-order chi connectivity index (χ1) is 10.9. The van der Waals surface area contributed by atoms with Crippen LogP contribution in [0.15, 0.2) is 18.2 Å². The molecule has 8 heteroatoms. The second-order valence-electron chi connectivity index (χ2n) is 5.37. The van der Waals surface area contributed by atoms with E-state index in [0.717, 1.165) is 38.3 Å². The molecule has 0 atom stereocenters. The van der Waals surface area contributed by atoms with Crippen LogP contribution in [-0.2, 0) is 17.5 Å². The second kappa shape index (κ2) is 7.76. The molecule has 0 aliphatic carbocycles. The zero-order valence-electron chi connectivity index (χ0n) is 12.7. The van der Waals surface area contributed by atoms with Gasteiger partial charge in [0.2, 0.25) is 0 Å². The maximum Gasteiger partial charge on any atom is 0.416 e. The minimum Gasteiger partial charge on any atom is -0.461 e. The Morgan fingerprint density at radius 2 is 1.96 bits per heavy atom. The average Bonchev–Trinajstić information content (AvgIpc) is 2.52.